The maximum absolute atomic E-state index is 13.3. The average Bonchev–Trinajstić information content (AvgIpc) is 2.81. The van der Waals surface area contributed by atoms with Crippen molar-refractivity contribution < 1.29 is 19.4 Å². The van der Waals surface area contributed by atoms with Crippen molar-refractivity contribution >= 4 is 12.0 Å². The van der Waals surface area contributed by atoms with Crippen LogP contribution in [-0.2, 0) is 4.79 Å². The zero-order valence-corrected chi connectivity index (χ0v) is 18.3. The largest absolute Gasteiger partial charge is 0.497 e. The normalized spacial score (nSPS) is 25.8. The van der Waals surface area contributed by atoms with Crippen LogP contribution in [0.15, 0.2) is 54.6 Å². The molecule has 0 bridgehead atoms. The molecule has 1 heterocycles. The number of ether oxygens (including phenoxy) is 2. The van der Waals surface area contributed by atoms with Gasteiger partial charge in [-0.3, -0.25) is 4.79 Å². The molecule has 2 aromatic carbocycles. The van der Waals surface area contributed by atoms with Crippen molar-refractivity contribution in [1.29, 1.82) is 0 Å². The van der Waals surface area contributed by atoms with Gasteiger partial charge in [-0.2, -0.15) is 0 Å². The van der Waals surface area contributed by atoms with Gasteiger partial charge in [-0.05, 0) is 43.0 Å². The van der Waals surface area contributed by atoms with Crippen molar-refractivity contribution in [2.45, 2.75) is 43.7 Å². The molecular weight excluding hydrogens is 390 g/mol. The number of fused-ring (bicyclic) bond motifs is 1. The Balaban J connectivity index is 1.72. The van der Waals surface area contributed by atoms with Crippen LogP contribution in [0.3, 0.4) is 0 Å². The second-order valence-corrected chi connectivity index (χ2v) is 8.53. The van der Waals surface area contributed by atoms with E-state index >= 15 is 0 Å². The molecule has 0 radical (unpaired) electrons. The molecule has 0 spiro atoms. The topological polar surface area (TPSA) is 59.0 Å². The molecule has 1 N–H and O–H groups in total. The van der Waals surface area contributed by atoms with E-state index in [0.717, 1.165) is 36.8 Å². The van der Waals surface area contributed by atoms with Gasteiger partial charge in [0, 0.05) is 30.2 Å². The van der Waals surface area contributed by atoms with Gasteiger partial charge in [0.2, 0.25) is 5.91 Å². The third kappa shape index (κ3) is 4.33. The minimum Gasteiger partial charge on any atom is -0.497 e. The lowest BCUT2D eigenvalue weighted by Gasteiger charge is -2.52. The van der Waals surface area contributed by atoms with Gasteiger partial charge in [0.05, 0.1) is 25.9 Å². The number of amides is 1. The summed E-state index contributed by atoms with van der Waals surface area (Å²) in [6.07, 6.45) is 7.87. The molecule has 5 heteroatoms. The van der Waals surface area contributed by atoms with Crippen molar-refractivity contribution in [2.75, 3.05) is 20.8 Å². The Morgan fingerprint density at radius 2 is 1.90 bits per heavy atom. The number of hydrogen-bond acceptors (Lipinski definition) is 4. The predicted molar refractivity (Wildman–Crippen MR) is 121 cm³/mol. The van der Waals surface area contributed by atoms with E-state index in [1.165, 1.54) is 0 Å². The van der Waals surface area contributed by atoms with Gasteiger partial charge >= 0.3 is 0 Å². The minimum absolute atomic E-state index is 0.0219. The third-order valence-electron chi connectivity index (χ3n) is 6.83. The van der Waals surface area contributed by atoms with Gasteiger partial charge in [0.15, 0.2) is 0 Å². The summed E-state index contributed by atoms with van der Waals surface area (Å²) in [7, 11) is 3.26. The molecule has 31 heavy (non-hydrogen) atoms. The fourth-order valence-corrected chi connectivity index (χ4v) is 5.20. The van der Waals surface area contributed by atoms with Gasteiger partial charge in [0.25, 0.3) is 0 Å². The first-order chi connectivity index (χ1) is 15.1. The fraction of sp³-hybridized carbons (Fsp3) is 0.423. The zero-order valence-electron chi connectivity index (χ0n) is 18.3. The maximum atomic E-state index is 13.3. The first-order valence-electron chi connectivity index (χ1n) is 11.0. The van der Waals surface area contributed by atoms with E-state index in [9.17, 15) is 9.90 Å². The van der Waals surface area contributed by atoms with Crippen LogP contribution in [-0.4, -0.2) is 42.3 Å². The number of nitrogens with zero attached hydrogens (tertiary/aromatic N) is 1. The predicted octanol–water partition coefficient (Wildman–Crippen LogP) is 4.61. The fourth-order valence-electron chi connectivity index (χ4n) is 5.20. The number of carbonyl (C=O) groups is 1. The molecule has 2 aliphatic rings. The molecule has 2 fully saturated rings. The lowest BCUT2D eigenvalue weighted by molar-refractivity contribution is -0.151. The van der Waals surface area contributed by atoms with E-state index in [1.807, 2.05) is 59.5 Å². The summed E-state index contributed by atoms with van der Waals surface area (Å²) in [5, 5.41) is 11.5. The second kappa shape index (κ2) is 9.15. The lowest BCUT2D eigenvalue weighted by atomic mass is 9.66. The molecule has 2 aromatic rings. The summed E-state index contributed by atoms with van der Waals surface area (Å²) in [5.41, 5.74) is 1.17. The summed E-state index contributed by atoms with van der Waals surface area (Å²) < 4.78 is 11.1. The number of piperidine rings is 1. The number of methoxy groups -OCH3 is 2. The number of aliphatic hydroxyl groups is 1. The summed E-state index contributed by atoms with van der Waals surface area (Å²) in [6.45, 7) is 0.519. The second-order valence-electron chi connectivity index (χ2n) is 8.53. The molecule has 4 rings (SSSR count). The van der Waals surface area contributed by atoms with Crippen molar-refractivity contribution in [3.63, 3.8) is 0 Å². The van der Waals surface area contributed by atoms with Crippen molar-refractivity contribution in [3.8, 4) is 11.5 Å². The average molecular weight is 422 g/mol. The minimum atomic E-state index is -0.742. The molecule has 1 saturated carbocycles. The summed E-state index contributed by atoms with van der Waals surface area (Å²) in [6, 6.07) is 15.3. The first kappa shape index (κ1) is 21.4. The van der Waals surface area contributed by atoms with E-state index in [1.54, 1.807) is 20.3 Å². The Kier molecular flexibility index (Phi) is 6.33. The highest BCUT2D eigenvalue weighted by Crippen LogP contribution is 2.51. The van der Waals surface area contributed by atoms with Crippen LogP contribution in [0.1, 0.15) is 49.3 Å². The number of rotatable bonds is 5. The first-order valence-corrected chi connectivity index (χ1v) is 11.0. The van der Waals surface area contributed by atoms with Gasteiger partial charge in [-0.1, -0.05) is 43.2 Å². The highest BCUT2D eigenvalue weighted by Gasteiger charge is 2.50. The van der Waals surface area contributed by atoms with Gasteiger partial charge < -0.3 is 19.5 Å². The van der Waals surface area contributed by atoms with Crippen LogP contribution in [0, 0.1) is 5.92 Å². The Hall–Kier alpha value is -2.79. The van der Waals surface area contributed by atoms with E-state index < -0.39 is 5.60 Å². The molecule has 1 saturated heterocycles. The van der Waals surface area contributed by atoms with Crippen LogP contribution in [0.25, 0.3) is 6.08 Å². The van der Waals surface area contributed by atoms with E-state index in [2.05, 4.69) is 0 Å². The van der Waals surface area contributed by atoms with Crippen LogP contribution < -0.4 is 9.47 Å². The Labute approximate surface area is 184 Å². The number of hydrogen-bond donors (Lipinski definition) is 1. The van der Waals surface area contributed by atoms with E-state index in [-0.39, 0.29) is 17.9 Å². The Morgan fingerprint density at radius 1 is 1.10 bits per heavy atom. The highest BCUT2D eigenvalue weighted by atomic mass is 16.5. The van der Waals surface area contributed by atoms with Crippen LogP contribution in [0.5, 0.6) is 11.5 Å². The van der Waals surface area contributed by atoms with Gasteiger partial charge in [-0.25, -0.2) is 0 Å². The summed E-state index contributed by atoms with van der Waals surface area (Å²) in [5.74, 6) is 1.33. The van der Waals surface area contributed by atoms with Crippen molar-refractivity contribution in [3.05, 3.63) is 65.7 Å². The molecule has 0 aromatic heterocycles. The SMILES string of the molecule is COc1ccc([C@H]2[C@@H]3CCCC[C@]3(O)CCN2C(=O)/C=C/c2ccccc2)c(OC)c1. The third-order valence-corrected chi connectivity index (χ3v) is 6.83. The highest BCUT2D eigenvalue weighted by molar-refractivity contribution is 5.92. The number of benzene rings is 2. The quantitative estimate of drug-likeness (QED) is 0.716. The Morgan fingerprint density at radius 3 is 2.65 bits per heavy atom. The van der Waals surface area contributed by atoms with Gasteiger partial charge in [0.1, 0.15) is 11.5 Å². The zero-order chi connectivity index (χ0) is 21.8. The molecule has 164 valence electrons. The summed E-state index contributed by atoms with van der Waals surface area (Å²) >= 11 is 0. The monoisotopic (exact) mass is 421 g/mol. The van der Waals surface area contributed by atoms with Crippen LogP contribution in [0.2, 0.25) is 0 Å². The summed E-state index contributed by atoms with van der Waals surface area (Å²) in [4.78, 5) is 15.3. The molecule has 3 atom stereocenters. The lowest BCUT2D eigenvalue weighted by Crippen LogP contribution is -2.56. The van der Waals surface area contributed by atoms with Gasteiger partial charge in [-0.15, -0.1) is 0 Å². The van der Waals surface area contributed by atoms with E-state index in [4.69, 9.17) is 9.47 Å². The number of likely N-dealkylation sites (tertiary alicyclic amines) is 1. The van der Waals surface area contributed by atoms with Crippen LogP contribution >= 0.6 is 0 Å². The molecule has 1 aliphatic carbocycles. The molecule has 1 amide bonds. The number of carbonyl (C=O) groups excluding carboxylic acids is 1. The molecule has 0 unspecified atom stereocenters. The maximum Gasteiger partial charge on any atom is 0.247 e. The van der Waals surface area contributed by atoms with E-state index in [0.29, 0.717) is 24.5 Å². The van der Waals surface area contributed by atoms with Crippen molar-refractivity contribution in [1.82, 2.24) is 4.90 Å². The smallest absolute Gasteiger partial charge is 0.247 e. The Bertz CT molecular complexity index is 942. The standard InChI is InChI=1S/C26H31NO4/c1-30-20-12-13-21(23(18-20)31-2)25-22-10-6-7-15-26(22,29)16-17-27(25)24(28)14-11-19-8-4-3-5-9-19/h3-5,8-9,11-14,18,22,25,29H,6-7,10,15-17H2,1-2H3/b14-11+/t22-,25-,26-/m0/s1. The molecule has 5 nitrogen and oxygen atoms in total. The van der Waals surface area contributed by atoms with Crippen molar-refractivity contribution in [2.24, 2.45) is 5.92 Å². The van der Waals surface area contributed by atoms with Crippen LogP contribution in [0.4, 0.5) is 0 Å². The molecular formula is C26H31NO4. The molecule has 1 aliphatic heterocycles.